The van der Waals surface area contributed by atoms with Crippen LogP contribution in [0.3, 0.4) is 0 Å². The number of nitrogens with zero attached hydrogens (tertiary/aromatic N) is 5. The Bertz CT molecular complexity index is 1340. The summed E-state index contributed by atoms with van der Waals surface area (Å²) < 4.78 is 20.3. The van der Waals surface area contributed by atoms with E-state index in [4.69, 9.17) is 4.52 Å². The van der Waals surface area contributed by atoms with E-state index in [1.807, 2.05) is 11.0 Å². The van der Waals surface area contributed by atoms with Crippen LogP contribution in [0.15, 0.2) is 51.8 Å². The largest absolute Gasteiger partial charge is 0.356 e. The molecule has 0 saturated carbocycles. The van der Waals surface area contributed by atoms with Gasteiger partial charge in [-0.3, -0.25) is 9.59 Å². The van der Waals surface area contributed by atoms with Crippen molar-refractivity contribution in [1.82, 2.24) is 25.1 Å². The zero-order valence-electron chi connectivity index (χ0n) is 17.4. The number of likely N-dealkylation sites (tertiary alicyclic amines) is 1. The Balaban J connectivity index is 1.16. The van der Waals surface area contributed by atoms with Gasteiger partial charge in [-0.05, 0) is 49.6 Å². The molecule has 164 valence electrons. The minimum atomic E-state index is -0.315. The number of aryl methyl sites for hydroxylation is 1. The quantitative estimate of drug-likeness (QED) is 0.478. The first-order valence-corrected chi connectivity index (χ1v) is 10.8. The van der Waals surface area contributed by atoms with Crippen molar-refractivity contribution in [3.8, 4) is 0 Å². The lowest BCUT2D eigenvalue weighted by atomic mass is 9.91. The highest BCUT2D eigenvalue weighted by Crippen LogP contribution is 2.33. The average molecular weight is 435 g/mol. The second-order valence-corrected chi connectivity index (χ2v) is 8.10. The van der Waals surface area contributed by atoms with Gasteiger partial charge in [0.05, 0.1) is 11.1 Å². The van der Waals surface area contributed by atoms with Gasteiger partial charge < -0.3 is 9.42 Å². The van der Waals surface area contributed by atoms with Crippen molar-refractivity contribution in [2.45, 2.75) is 38.1 Å². The fourth-order valence-corrected chi connectivity index (χ4v) is 4.33. The van der Waals surface area contributed by atoms with E-state index in [0.29, 0.717) is 54.3 Å². The fraction of sp³-hybridized carbons (Fsp3) is 0.348. The highest BCUT2D eigenvalue weighted by Gasteiger charge is 2.27. The lowest BCUT2D eigenvalue weighted by Crippen LogP contribution is -2.38. The van der Waals surface area contributed by atoms with E-state index < -0.39 is 0 Å². The third kappa shape index (κ3) is 3.86. The van der Waals surface area contributed by atoms with Crippen LogP contribution in [-0.2, 0) is 11.3 Å². The predicted molar refractivity (Wildman–Crippen MR) is 116 cm³/mol. The molecule has 1 fully saturated rings. The van der Waals surface area contributed by atoms with Gasteiger partial charge in [0.1, 0.15) is 11.3 Å². The van der Waals surface area contributed by atoms with Crippen LogP contribution in [0.1, 0.15) is 37.3 Å². The van der Waals surface area contributed by atoms with Crippen molar-refractivity contribution in [3.63, 3.8) is 0 Å². The Morgan fingerprint density at radius 1 is 1.12 bits per heavy atom. The zero-order chi connectivity index (χ0) is 22.1. The SMILES string of the molecule is O=C(CCCn1nnc2ccccc2c1=O)N1CCC(c2noc3ccc(F)cc23)CC1. The number of aromatic nitrogens is 4. The van der Waals surface area contributed by atoms with Gasteiger partial charge in [-0.1, -0.05) is 22.5 Å². The number of carbonyl (C=O) groups excluding carboxylic acids is 1. The topological polar surface area (TPSA) is 94.1 Å². The molecular formula is C23H22FN5O3. The molecule has 0 spiro atoms. The molecule has 1 saturated heterocycles. The van der Waals surface area contributed by atoms with Crippen molar-refractivity contribution in [2.24, 2.45) is 0 Å². The van der Waals surface area contributed by atoms with Crippen LogP contribution in [-0.4, -0.2) is 44.0 Å². The number of amides is 1. The molecule has 1 aliphatic heterocycles. The molecule has 0 aliphatic carbocycles. The zero-order valence-corrected chi connectivity index (χ0v) is 17.4. The van der Waals surface area contributed by atoms with Crippen molar-refractivity contribution in [3.05, 3.63) is 64.3 Å². The Morgan fingerprint density at radius 3 is 2.78 bits per heavy atom. The average Bonchev–Trinajstić information content (AvgIpc) is 3.24. The van der Waals surface area contributed by atoms with Crippen molar-refractivity contribution in [2.75, 3.05) is 13.1 Å². The van der Waals surface area contributed by atoms with Crippen LogP contribution in [0.25, 0.3) is 21.9 Å². The van der Waals surface area contributed by atoms with Crippen LogP contribution < -0.4 is 5.56 Å². The Morgan fingerprint density at radius 2 is 1.94 bits per heavy atom. The monoisotopic (exact) mass is 435 g/mol. The fourth-order valence-electron chi connectivity index (χ4n) is 4.33. The smallest absolute Gasteiger partial charge is 0.277 e. The molecule has 32 heavy (non-hydrogen) atoms. The second-order valence-electron chi connectivity index (χ2n) is 8.10. The molecule has 0 bridgehead atoms. The highest BCUT2D eigenvalue weighted by molar-refractivity contribution is 5.80. The molecule has 1 aliphatic rings. The summed E-state index contributed by atoms with van der Waals surface area (Å²) in [7, 11) is 0. The minimum absolute atomic E-state index is 0.0568. The van der Waals surface area contributed by atoms with Crippen molar-refractivity contribution < 1.29 is 13.7 Å². The maximum atomic E-state index is 13.6. The molecule has 2 aromatic carbocycles. The van der Waals surface area contributed by atoms with E-state index in [0.717, 1.165) is 18.5 Å². The number of hydrogen-bond acceptors (Lipinski definition) is 6. The Hall–Kier alpha value is -3.62. The van der Waals surface area contributed by atoms with Crippen molar-refractivity contribution in [1.29, 1.82) is 0 Å². The van der Waals surface area contributed by atoms with Gasteiger partial charge in [0, 0.05) is 37.4 Å². The molecular weight excluding hydrogens is 413 g/mol. The summed E-state index contributed by atoms with van der Waals surface area (Å²) in [6.07, 6.45) is 2.35. The maximum absolute atomic E-state index is 13.6. The minimum Gasteiger partial charge on any atom is -0.356 e. The van der Waals surface area contributed by atoms with Gasteiger partial charge in [0.25, 0.3) is 5.56 Å². The first-order chi connectivity index (χ1) is 15.6. The lowest BCUT2D eigenvalue weighted by Gasteiger charge is -2.31. The standard InChI is InChI=1S/C23H22FN5O3/c24-16-7-8-20-18(14-16)22(26-32-20)15-9-12-28(13-10-15)21(30)6-3-11-29-23(31)17-4-1-2-5-19(17)25-27-29/h1-2,4-5,7-8,14-15H,3,6,9-13H2. The Kier molecular flexibility index (Phi) is 5.38. The summed E-state index contributed by atoms with van der Waals surface area (Å²) in [6.45, 7) is 1.57. The summed E-state index contributed by atoms with van der Waals surface area (Å²) in [4.78, 5) is 27.0. The third-order valence-corrected chi connectivity index (χ3v) is 6.08. The second kappa shape index (κ2) is 8.49. The first-order valence-electron chi connectivity index (χ1n) is 10.8. The number of carbonyl (C=O) groups is 1. The van der Waals surface area contributed by atoms with Gasteiger partial charge in [0.2, 0.25) is 5.91 Å². The summed E-state index contributed by atoms with van der Waals surface area (Å²) in [6, 6.07) is 11.5. The third-order valence-electron chi connectivity index (χ3n) is 6.08. The van der Waals surface area contributed by atoms with E-state index in [1.165, 1.54) is 16.8 Å². The van der Waals surface area contributed by atoms with E-state index in [9.17, 15) is 14.0 Å². The van der Waals surface area contributed by atoms with E-state index in [1.54, 1.807) is 24.3 Å². The van der Waals surface area contributed by atoms with Crippen LogP contribution in [0.2, 0.25) is 0 Å². The summed E-state index contributed by atoms with van der Waals surface area (Å²) in [5, 5.41) is 13.4. The number of fused-ring (bicyclic) bond motifs is 2. The molecule has 0 N–H and O–H groups in total. The Labute approximate surface area is 182 Å². The number of hydrogen-bond donors (Lipinski definition) is 0. The molecule has 4 aromatic rings. The van der Waals surface area contributed by atoms with Crippen LogP contribution >= 0.6 is 0 Å². The van der Waals surface area contributed by atoms with Crippen LogP contribution in [0.4, 0.5) is 4.39 Å². The van der Waals surface area contributed by atoms with Gasteiger partial charge in [-0.15, -0.1) is 5.10 Å². The molecule has 5 rings (SSSR count). The molecule has 0 atom stereocenters. The van der Waals surface area contributed by atoms with E-state index in [-0.39, 0.29) is 23.2 Å². The lowest BCUT2D eigenvalue weighted by molar-refractivity contribution is -0.132. The highest BCUT2D eigenvalue weighted by atomic mass is 19.1. The predicted octanol–water partition coefficient (Wildman–Crippen LogP) is 3.26. The molecule has 0 radical (unpaired) electrons. The molecule has 1 amide bonds. The van der Waals surface area contributed by atoms with Crippen molar-refractivity contribution >= 4 is 27.8 Å². The van der Waals surface area contributed by atoms with E-state index >= 15 is 0 Å². The summed E-state index contributed by atoms with van der Waals surface area (Å²) >= 11 is 0. The molecule has 2 aromatic heterocycles. The van der Waals surface area contributed by atoms with Gasteiger partial charge >= 0.3 is 0 Å². The molecule has 9 heteroatoms. The normalized spacial score (nSPS) is 15.0. The van der Waals surface area contributed by atoms with E-state index in [2.05, 4.69) is 15.5 Å². The van der Waals surface area contributed by atoms with Crippen LogP contribution in [0, 0.1) is 5.82 Å². The van der Waals surface area contributed by atoms with Gasteiger partial charge in [-0.25, -0.2) is 9.07 Å². The van der Waals surface area contributed by atoms with Gasteiger partial charge in [0.15, 0.2) is 5.58 Å². The summed E-state index contributed by atoms with van der Waals surface area (Å²) in [5.41, 5.74) is 1.71. The molecule has 0 unspecified atom stereocenters. The van der Waals surface area contributed by atoms with Gasteiger partial charge in [-0.2, -0.15) is 0 Å². The summed E-state index contributed by atoms with van der Waals surface area (Å²) in [5.74, 6) is -0.125. The molecule has 3 heterocycles. The maximum Gasteiger partial charge on any atom is 0.277 e. The number of benzene rings is 2. The number of piperidine rings is 1. The number of rotatable bonds is 5. The molecule has 8 nitrogen and oxygen atoms in total. The van der Waals surface area contributed by atoms with Crippen LogP contribution in [0.5, 0.6) is 0 Å². The number of halogens is 1. The first kappa shape index (κ1) is 20.3.